The van der Waals surface area contributed by atoms with Gasteiger partial charge in [0.05, 0.1) is 0 Å². The number of hydrogen-bond donors (Lipinski definition) is 0. The Balaban J connectivity index is 0.000000494. The molecule has 1 rings (SSSR count). The van der Waals surface area contributed by atoms with E-state index in [4.69, 9.17) is 0 Å². The van der Waals surface area contributed by atoms with Crippen molar-refractivity contribution in [2.24, 2.45) is 5.92 Å². The predicted octanol–water partition coefficient (Wildman–Crippen LogP) is 4.06. The van der Waals surface area contributed by atoms with Gasteiger partial charge < -0.3 is 0 Å². The van der Waals surface area contributed by atoms with Gasteiger partial charge in [-0.3, -0.25) is 4.79 Å². The summed E-state index contributed by atoms with van der Waals surface area (Å²) in [6, 6.07) is 6.07. The van der Waals surface area contributed by atoms with Gasteiger partial charge in [-0.2, -0.15) is 0 Å². The van der Waals surface area contributed by atoms with Crippen molar-refractivity contribution in [3.05, 3.63) is 34.9 Å². The van der Waals surface area contributed by atoms with Crippen LogP contribution in [-0.4, -0.2) is 23.2 Å². The SMILES string of the molecule is CCc1cccc(CC)c1C(=O)P.[Li][CH2]C(C)C. The third-order valence-corrected chi connectivity index (χ3v) is 3.35. The molecule has 0 aromatic heterocycles. The summed E-state index contributed by atoms with van der Waals surface area (Å²) in [5, 5.41) is 1.31. The number of carbonyl (C=O) groups excluding carboxylic acids is 1. The quantitative estimate of drug-likeness (QED) is 0.588. The molecule has 1 unspecified atom stereocenters. The molecule has 18 heavy (non-hydrogen) atoms. The van der Waals surface area contributed by atoms with Crippen LogP contribution in [0, 0.1) is 5.92 Å². The number of carbonyl (C=O) groups is 1. The van der Waals surface area contributed by atoms with Crippen molar-refractivity contribution in [3.63, 3.8) is 0 Å². The Labute approximate surface area is 124 Å². The van der Waals surface area contributed by atoms with Gasteiger partial charge in [0.1, 0.15) is 0 Å². The first-order valence-electron chi connectivity index (χ1n) is 6.88. The normalized spacial score (nSPS) is 10.0. The first kappa shape index (κ1) is 17.9. The first-order chi connectivity index (χ1) is 8.47. The molecule has 0 amide bonds. The summed E-state index contributed by atoms with van der Waals surface area (Å²) in [7, 11) is 2.26. The summed E-state index contributed by atoms with van der Waals surface area (Å²) in [5.41, 5.74) is 3.31. The molecule has 0 N–H and O–H groups in total. The Morgan fingerprint density at radius 2 is 1.61 bits per heavy atom. The number of benzene rings is 1. The molecular formula is C15H24LiOP. The molecule has 0 aliphatic heterocycles. The van der Waals surface area contributed by atoms with Gasteiger partial charge >= 0.3 is 42.6 Å². The molecule has 1 nitrogen and oxygen atoms in total. The Bertz CT molecular complexity index is 353. The predicted molar refractivity (Wildman–Crippen MR) is 84.6 cm³/mol. The fourth-order valence-electron chi connectivity index (χ4n) is 1.56. The number of rotatable bonds is 4. The van der Waals surface area contributed by atoms with Crippen LogP contribution in [0.2, 0.25) is 5.09 Å². The van der Waals surface area contributed by atoms with Crippen molar-refractivity contribution in [1.82, 2.24) is 0 Å². The van der Waals surface area contributed by atoms with E-state index >= 15 is 0 Å². The number of aryl methyl sites for hydroxylation is 2. The van der Waals surface area contributed by atoms with E-state index in [1.807, 2.05) is 18.2 Å². The molecule has 0 aliphatic rings. The van der Waals surface area contributed by atoms with Crippen LogP contribution in [0.1, 0.15) is 49.2 Å². The summed E-state index contributed by atoms with van der Waals surface area (Å²) in [4.78, 5) is 11.4. The third kappa shape index (κ3) is 6.19. The van der Waals surface area contributed by atoms with E-state index in [2.05, 4.69) is 54.6 Å². The maximum absolute atomic E-state index is 11.4. The average Bonchev–Trinajstić information content (AvgIpc) is 2.37. The molecule has 0 heterocycles. The van der Waals surface area contributed by atoms with Crippen LogP contribution in [-0.2, 0) is 12.8 Å². The Hall–Kier alpha value is -0.0826. The van der Waals surface area contributed by atoms with Crippen molar-refractivity contribution in [3.8, 4) is 0 Å². The van der Waals surface area contributed by atoms with Crippen LogP contribution in [0.3, 0.4) is 0 Å². The molecule has 0 spiro atoms. The molecule has 0 radical (unpaired) electrons. The fourth-order valence-corrected chi connectivity index (χ4v) is 1.93. The van der Waals surface area contributed by atoms with Crippen molar-refractivity contribution in [2.75, 3.05) is 0 Å². The monoisotopic (exact) mass is 258 g/mol. The summed E-state index contributed by atoms with van der Waals surface area (Å²) in [5.74, 6) is 0.884. The molecular weight excluding hydrogens is 234 g/mol. The Kier molecular flexibility index (Phi) is 9.75. The van der Waals surface area contributed by atoms with Gasteiger partial charge in [-0.15, -0.1) is 0 Å². The minimum absolute atomic E-state index is 0.106. The topological polar surface area (TPSA) is 17.1 Å². The second-order valence-corrected chi connectivity index (χ2v) is 5.35. The van der Waals surface area contributed by atoms with Gasteiger partial charge in [-0.25, -0.2) is 0 Å². The van der Waals surface area contributed by atoms with E-state index in [9.17, 15) is 4.79 Å². The van der Waals surface area contributed by atoms with Gasteiger partial charge in [0, 0.05) is 5.56 Å². The summed E-state index contributed by atoms with van der Waals surface area (Å²) in [6.45, 7) is 8.60. The first-order valence-corrected chi connectivity index (χ1v) is 7.46. The zero-order valence-electron chi connectivity index (χ0n) is 12.4. The summed E-state index contributed by atoms with van der Waals surface area (Å²) < 4.78 is 0. The van der Waals surface area contributed by atoms with Crippen molar-refractivity contribution >= 4 is 32.5 Å². The van der Waals surface area contributed by atoms with Crippen LogP contribution in [0.15, 0.2) is 18.2 Å². The molecule has 0 fully saturated rings. The van der Waals surface area contributed by atoms with Crippen LogP contribution < -0.4 is 0 Å². The summed E-state index contributed by atoms with van der Waals surface area (Å²) >= 11 is 2.20. The van der Waals surface area contributed by atoms with E-state index in [-0.39, 0.29) is 5.52 Å². The molecule has 1 aromatic carbocycles. The Morgan fingerprint density at radius 3 is 1.83 bits per heavy atom. The molecule has 0 bridgehead atoms. The second kappa shape index (κ2) is 9.80. The molecule has 1 atom stereocenters. The van der Waals surface area contributed by atoms with Gasteiger partial charge in [-0.05, 0) is 24.0 Å². The van der Waals surface area contributed by atoms with Crippen molar-refractivity contribution in [1.29, 1.82) is 0 Å². The summed E-state index contributed by atoms with van der Waals surface area (Å²) in [6.07, 6.45) is 1.84. The Morgan fingerprint density at radius 1 is 1.22 bits per heavy atom. The third-order valence-electron chi connectivity index (χ3n) is 3.06. The molecule has 1 aromatic rings. The van der Waals surface area contributed by atoms with E-state index in [1.165, 1.54) is 5.09 Å². The standard InChI is InChI=1S/C11H15OP.C4H9.Li/c1-3-8-6-5-7-9(4-2)10(8)11(12)13;1-4(2)3;/h5-7H,3-4,13H2,1-2H3;4H,1H2,2-3H3;. The molecule has 0 saturated carbocycles. The van der Waals surface area contributed by atoms with Gasteiger partial charge in [0.2, 0.25) is 0 Å². The van der Waals surface area contributed by atoms with E-state index in [1.54, 1.807) is 0 Å². The zero-order valence-corrected chi connectivity index (χ0v) is 13.6. The van der Waals surface area contributed by atoms with Crippen LogP contribution in [0.5, 0.6) is 0 Å². The van der Waals surface area contributed by atoms with Crippen LogP contribution >= 0.6 is 9.24 Å². The maximum atomic E-state index is 11.4. The average molecular weight is 258 g/mol. The van der Waals surface area contributed by atoms with Crippen molar-refractivity contribution in [2.45, 2.75) is 45.6 Å². The fraction of sp³-hybridized carbons (Fsp3) is 0.533. The molecule has 0 saturated heterocycles. The molecule has 96 valence electrons. The van der Waals surface area contributed by atoms with E-state index in [0.717, 1.165) is 35.4 Å². The minimum atomic E-state index is 0.106. The van der Waals surface area contributed by atoms with E-state index < -0.39 is 0 Å². The van der Waals surface area contributed by atoms with Crippen LogP contribution in [0.4, 0.5) is 0 Å². The zero-order chi connectivity index (χ0) is 14.1. The van der Waals surface area contributed by atoms with Crippen molar-refractivity contribution < 1.29 is 4.79 Å². The second-order valence-electron chi connectivity index (χ2n) is 4.82. The number of hydrogen-bond acceptors (Lipinski definition) is 1. The van der Waals surface area contributed by atoms with Gasteiger partial charge in [0.15, 0.2) is 5.52 Å². The van der Waals surface area contributed by atoms with Gasteiger partial charge in [-0.1, -0.05) is 41.3 Å². The van der Waals surface area contributed by atoms with Gasteiger partial charge in [0.25, 0.3) is 0 Å². The van der Waals surface area contributed by atoms with Crippen LogP contribution in [0.25, 0.3) is 0 Å². The molecule has 3 heteroatoms. The molecule has 0 aliphatic carbocycles. The van der Waals surface area contributed by atoms with E-state index in [0.29, 0.717) is 0 Å².